The number of amides is 1. The fourth-order valence-electron chi connectivity index (χ4n) is 3.56. The van der Waals surface area contributed by atoms with Crippen LogP contribution in [0.1, 0.15) is 63.1 Å². The molecule has 5 heteroatoms. The van der Waals surface area contributed by atoms with Gasteiger partial charge in [0.25, 0.3) is 0 Å². The predicted octanol–water partition coefficient (Wildman–Crippen LogP) is 6.07. The first-order valence-corrected chi connectivity index (χ1v) is 11.5. The first-order valence-electron chi connectivity index (χ1n) is 11.5. The van der Waals surface area contributed by atoms with Crippen LogP contribution in [0.2, 0.25) is 0 Å². The summed E-state index contributed by atoms with van der Waals surface area (Å²) in [6.45, 7) is 9.97. The lowest BCUT2D eigenvalue weighted by molar-refractivity contribution is -0.131. The number of aliphatic carboxylic acids is 1. The molecule has 0 saturated heterocycles. The van der Waals surface area contributed by atoms with Gasteiger partial charge in [0.15, 0.2) is 0 Å². The fourth-order valence-corrected chi connectivity index (χ4v) is 3.56. The number of rotatable bonds is 12. The van der Waals surface area contributed by atoms with E-state index in [4.69, 9.17) is 5.11 Å². The molecule has 0 aliphatic rings. The lowest BCUT2D eigenvalue weighted by Gasteiger charge is -2.28. The molecule has 2 rings (SSSR count). The van der Waals surface area contributed by atoms with E-state index < -0.39 is 5.97 Å². The van der Waals surface area contributed by atoms with Crippen molar-refractivity contribution in [2.24, 2.45) is 0 Å². The fraction of sp³-hybridized carbons (Fsp3) is 0.407. The first-order chi connectivity index (χ1) is 15.3. The molecule has 0 fully saturated rings. The normalized spacial score (nSPS) is 11.3. The molecule has 5 nitrogen and oxygen atoms in total. The molecule has 0 aliphatic heterocycles. The van der Waals surface area contributed by atoms with Gasteiger partial charge in [-0.2, -0.15) is 0 Å². The van der Waals surface area contributed by atoms with Gasteiger partial charge in [-0.15, -0.1) is 0 Å². The van der Waals surface area contributed by atoms with Crippen molar-refractivity contribution >= 4 is 28.8 Å². The van der Waals surface area contributed by atoms with Gasteiger partial charge < -0.3 is 15.3 Å². The van der Waals surface area contributed by atoms with Crippen LogP contribution < -0.4 is 10.2 Å². The highest BCUT2D eigenvalue weighted by Crippen LogP contribution is 2.31. The topological polar surface area (TPSA) is 69.6 Å². The largest absolute Gasteiger partial charge is 0.478 e. The number of carboxylic acids is 1. The maximum atomic E-state index is 12.9. The molecule has 172 valence electrons. The zero-order valence-electron chi connectivity index (χ0n) is 19.8. The Balaban J connectivity index is 2.37. The minimum atomic E-state index is -0.982. The Kier molecular flexibility index (Phi) is 9.99. The average molecular weight is 437 g/mol. The van der Waals surface area contributed by atoms with Gasteiger partial charge in [-0.1, -0.05) is 62.6 Å². The second-order valence-electron chi connectivity index (χ2n) is 8.30. The summed E-state index contributed by atoms with van der Waals surface area (Å²) in [6.07, 6.45) is 5.81. The molecular formula is C27H36N2O3. The molecule has 0 aliphatic carbocycles. The Hall–Kier alpha value is -3.08. The smallest absolute Gasteiger partial charge is 0.328 e. The molecule has 2 aromatic carbocycles. The summed E-state index contributed by atoms with van der Waals surface area (Å²) in [5.41, 5.74) is 5.26. The van der Waals surface area contributed by atoms with Crippen LogP contribution >= 0.6 is 0 Å². The van der Waals surface area contributed by atoms with Crippen LogP contribution in [0.15, 0.2) is 48.5 Å². The number of carbonyl (C=O) groups excluding carboxylic acids is 1. The van der Waals surface area contributed by atoms with Crippen LogP contribution in [-0.4, -0.2) is 30.1 Å². The van der Waals surface area contributed by atoms with Gasteiger partial charge in [0.2, 0.25) is 5.91 Å². The number of carboxylic acid groups (broad SMARTS) is 1. The summed E-state index contributed by atoms with van der Waals surface area (Å²) < 4.78 is 0. The number of benzene rings is 2. The van der Waals surface area contributed by atoms with E-state index in [1.54, 1.807) is 6.92 Å². The standard InChI is InChI=1S/C27H36N2O3/c1-5-7-15-29(16-8-6-2)25-14-13-23(21(4)17-27(31)32)19-24(25)28-26(30)18-22-11-9-20(3)10-12-22/h9-14,17,19H,5-8,15-16,18H2,1-4H3,(H,28,30)(H,31,32)/b21-17+. The Labute approximate surface area is 192 Å². The highest BCUT2D eigenvalue weighted by atomic mass is 16.4. The number of allylic oxidation sites excluding steroid dienone is 1. The van der Waals surface area contributed by atoms with Crippen molar-refractivity contribution in [3.8, 4) is 0 Å². The van der Waals surface area contributed by atoms with E-state index in [0.717, 1.165) is 66.8 Å². The minimum Gasteiger partial charge on any atom is -0.478 e. The van der Waals surface area contributed by atoms with Crippen molar-refractivity contribution in [2.75, 3.05) is 23.3 Å². The van der Waals surface area contributed by atoms with Gasteiger partial charge in [0, 0.05) is 19.2 Å². The molecule has 0 unspecified atom stereocenters. The third-order valence-corrected chi connectivity index (χ3v) is 5.46. The third kappa shape index (κ3) is 7.88. The average Bonchev–Trinajstić information content (AvgIpc) is 2.75. The summed E-state index contributed by atoms with van der Waals surface area (Å²) in [4.78, 5) is 26.3. The Morgan fingerprint density at radius 1 is 1.00 bits per heavy atom. The Morgan fingerprint density at radius 2 is 1.62 bits per heavy atom. The number of nitrogens with one attached hydrogen (secondary N) is 1. The first kappa shape index (κ1) is 25.2. The summed E-state index contributed by atoms with van der Waals surface area (Å²) in [7, 11) is 0. The molecule has 32 heavy (non-hydrogen) atoms. The molecule has 0 aromatic heterocycles. The molecule has 0 heterocycles. The maximum absolute atomic E-state index is 12.9. The molecule has 2 aromatic rings. The summed E-state index contributed by atoms with van der Waals surface area (Å²) >= 11 is 0. The lowest BCUT2D eigenvalue weighted by Crippen LogP contribution is -2.27. The molecule has 0 atom stereocenters. The predicted molar refractivity (Wildman–Crippen MR) is 133 cm³/mol. The zero-order valence-corrected chi connectivity index (χ0v) is 19.8. The van der Waals surface area contributed by atoms with Gasteiger partial charge in [-0.3, -0.25) is 4.79 Å². The number of anilines is 2. The van der Waals surface area contributed by atoms with E-state index in [9.17, 15) is 9.59 Å². The number of carbonyl (C=O) groups is 2. The number of hydrogen-bond donors (Lipinski definition) is 2. The lowest BCUT2D eigenvalue weighted by atomic mass is 10.0. The van der Waals surface area contributed by atoms with Crippen molar-refractivity contribution < 1.29 is 14.7 Å². The van der Waals surface area contributed by atoms with E-state index in [-0.39, 0.29) is 12.3 Å². The summed E-state index contributed by atoms with van der Waals surface area (Å²) in [5, 5.41) is 12.2. The Bertz CT molecular complexity index is 924. The van der Waals surface area contributed by atoms with Gasteiger partial charge in [-0.25, -0.2) is 4.79 Å². The second-order valence-corrected chi connectivity index (χ2v) is 8.30. The van der Waals surface area contributed by atoms with Crippen LogP contribution in [0, 0.1) is 6.92 Å². The van der Waals surface area contributed by atoms with Crippen molar-refractivity contribution in [1.82, 2.24) is 0 Å². The highest BCUT2D eigenvalue weighted by Gasteiger charge is 2.15. The molecule has 0 radical (unpaired) electrons. The highest BCUT2D eigenvalue weighted by molar-refractivity contribution is 5.97. The van der Waals surface area contributed by atoms with Crippen molar-refractivity contribution in [3.63, 3.8) is 0 Å². The molecule has 1 amide bonds. The van der Waals surface area contributed by atoms with Crippen LogP contribution in [0.5, 0.6) is 0 Å². The van der Waals surface area contributed by atoms with Crippen LogP contribution in [0.4, 0.5) is 11.4 Å². The summed E-state index contributed by atoms with van der Waals surface area (Å²) in [6, 6.07) is 13.8. The number of nitrogens with zero attached hydrogens (tertiary/aromatic N) is 1. The molecular weight excluding hydrogens is 400 g/mol. The molecule has 0 spiro atoms. The molecule has 0 saturated carbocycles. The third-order valence-electron chi connectivity index (χ3n) is 5.46. The van der Waals surface area contributed by atoms with Gasteiger partial charge >= 0.3 is 5.97 Å². The molecule has 0 bridgehead atoms. The Morgan fingerprint density at radius 3 is 2.19 bits per heavy atom. The minimum absolute atomic E-state index is 0.0851. The SMILES string of the molecule is CCCCN(CCCC)c1ccc(/C(C)=C/C(=O)O)cc1NC(=O)Cc1ccc(C)cc1. The zero-order chi connectivity index (χ0) is 23.5. The van der Waals surface area contributed by atoms with Crippen molar-refractivity contribution in [2.45, 2.75) is 59.8 Å². The van der Waals surface area contributed by atoms with Gasteiger partial charge in [0.1, 0.15) is 0 Å². The van der Waals surface area contributed by atoms with Gasteiger partial charge in [-0.05, 0) is 55.5 Å². The van der Waals surface area contributed by atoms with E-state index in [0.29, 0.717) is 5.57 Å². The van der Waals surface area contributed by atoms with Crippen LogP contribution in [0.3, 0.4) is 0 Å². The van der Waals surface area contributed by atoms with Crippen LogP contribution in [-0.2, 0) is 16.0 Å². The van der Waals surface area contributed by atoms with E-state index in [1.165, 1.54) is 6.08 Å². The van der Waals surface area contributed by atoms with E-state index in [1.807, 2.05) is 49.4 Å². The van der Waals surface area contributed by atoms with Crippen LogP contribution in [0.25, 0.3) is 5.57 Å². The van der Waals surface area contributed by atoms with Crippen molar-refractivity contribution in [1.29, 1.82) is 0 Å². The quantitative estimate of drug-likeness (QED) is 0.396. The maximum Gasteiger partial charge on any atom is 0.328 e. The summed E-state index contributed by atoms with van der Waals surface area (Å²) in [5.74, 6) is -1.07. The van der Waals surface area contributed by atoms with E-state index in [2.05, 4.69) is 24.1 Å². The monoisotopic (exact) mass is 436 g/mol. The van der Waals surface area contributed by atoms with E-state index >= 15 is 0 Å². The van der Waals surface area contributed by atoms with Gasteiger partial charge in [0.05, 0.1) is 17.8 Å². The number of hydrogen-bond acceptors (Lipinski definition) is 3. The number of aryl methyl sites for hydroxylation is 1. The van der Waals surface area contributed by atoms with Crippen molar-refractivity contribution in [3.05, 3.63) is 65.2 Å². The molecule has 2 N–H and O–H groups in total. The second kappa shape index (κ2) is 12.7. The number of unbranched alkanes of at least 4 members (excludes halogenated alkanes) is 2.